The lowest BCUT2D eigenvalue weighted by Gasteiger charge is -2.10. The third-order valence-electron chi connectivity index (χ3n) is 4.72. The van der Waals surface area contributed by atoms with Crippen molar-refractivity contribution in [2.75, 3.05) is 0 Å². The Balaban J connectivity index is 1.55. The van der Waals surface area contributed by atoms with Crippen LogP contribution in [-0.2, 0) is 6.61 Å². The molecular weight excluding hydrogens is 469 g/mol. The minimum absolute atomic E-state index is 0.497. The molecular formula is C26H18INO. The molecule has 0 saturated carbocycles. The summed E-state index contributed by atoms with van der Waals surface area (Å²) in [5.41, 5.74) is 3.64. The van der Waals surface area contributed by atoms with Crippen molar-refractivity contribution in [3.8, 4) is 11.8 Å². The molecule has 4 aromatic carbocycles. The van der Waals surface area contributed by atoms with Crippen LogP contribution in [0.2, 0.25) is 0 Å². The highest BCUT2D eigenvalue weighted by Crippen LogP contribution is 2.24. The van der Waals surface area contributed by atoms with Gasteiger partial charge in [-0.1, -0.05) is 66.7 Å². The van der Waals surface area contributed by atoms with E-state index in [0.717, 1.165) is 26.0 Å². The highest BCUT2D eigenvalue weighted by molar-refractivity contribution is 14.1. The fourth-order valence-corrected chi connectivity index (χ4v) is 3.61. The lowest BCUT2D eigenvalue weighted by molar-refractivity contribution is 0.307. The minimum atomic E-state index is 0.497. The van der Waals surface area contributed by atoms with E-state index in [4.69, 9.17) is 4.74 Å². The lowest BCUT2D eigenvalue weighted by atomic mass is 10.0. The zero-order chi connectivity index (χ0) is 20.1. The average molecular weight is 487 g/mol. The molecule has 0 aliphatic carbocycles. The van der Waals surface area contributed by atoms with Gasteiger partial charge in [-0.25, -0.2) is 0 Å². The normalized spacial score (nSPS) is 11.2. The van der Waals surface area contributed by atoms with E-state index in [2.05, 4.69) is 59.0 Å². The Morgan fingerprint density at radius 2 is 1.66 bits per heavy atom. The van der Waals surface area contributed by atoms with Crippen molar-refractivity contribution in [1.82, 2.24) is 0 Å². The Morgan fingerprint density at radius 1 is 0.897 bits per heavy atom. The second kappa shape index (κ2) is 8.93. The first-order chi connectivity index (χ1) is 14.2. The van der Waals surface area contributed by atoms with Gasteiger partial charge in [0.15, 0.2) is 0 Å². The van der Waals surface area contributed by atoms with Crippen LogP contribution in [0.3, 0.4) is 0 Å². The summed E-state index contributed by atoms with van der Waals surface area (Å²) in [6.07, 6.45) is 1.90. The van der Waals surface area contributed by atoms with Crippen LogP contribution >= 0.6 is 22.6 Å². The topological polar surface area (TPSA) is 33.0 Å². The monoisotopic (exact) mass is 487 g/mol. The third kappa shape index (κ3) is 4.67. The van der Waals surface area contributed by atoms with Crippen molar-refractivity contribution in [3.05, 3.63) is 111 Å². The van der Waals surface area contributed by atoms with Gasteiger partial charge in [0, 0.05) is 3.57 Å². The molecule has 0 N–H and O–H groups in total. The Morgan fingerprint density at radius 3 is 2.48 bits per heavy atom. The molecule has 0 radical (unpaired) electrons. The Kier molecular flexibility index (Phi) is 5.92. The predicted octanol–water partition coefficient (Wildman–Crippen LogP) is 7.09. The number of fused-ring (bicyclic) bond motifs is 1. The van der Waals surface area contributed by atoms with Crippen molar-refractivity contribution in [1.29, 1.82) is 5.26 Å². The van der Waals surface area contributed by atoms with Gasteiger partial charge in [-0.15, -0.1) is 0 Å². The maximum Gasteiger partial charge on any atom is 0.120 e. The molecule has 140 valence electrons. The zero-order valence-corrected chi connectivity index (χ0v) is 17.8. The molecule has 0 aliphatic rings. The van der Waals surface area contributed by atoms with Gasteiger partial charge >= 0.3 is 0 Å². The number of ether oxygens (including phenoxy) is 1. The highest BCUT2D eigenvalue weighted by atomic mass is 127. The summed E-state index contributed by atoms with van der Waals surface area (Å²) in [5, 5.41) is 12.0. The van der Waals surface area contributed by atoms with Gasteiger partial charge in [0.05, 0.1) is 11.6 Å². The van der Waals surface area contributed by atoms with Crippen LogP contribution in [0.5, 0.6) is 5.75 Å². The number of allylic oxidation sites excluding steroid dienone is 1. The van der Waals surface area contributed by atoms with E-state index in [0.29, 0.717) is 12.2 Å². The second-order valence-electron chi connectivity index (χ2n) is 6.68. The van der Waals surface area contributed by atoms with Crippen LogP contribution in [-0.4, -0.2) is 0 Å². The summed E-state index contributed by atoms with van der Waals surface area (Å²) < 4.78 is 7.21. The van der Waals surface area contributed by atoms with Crippen LogP contribution in [0, 0.1) is 14.9 Å². The molecule has 0 bridgehead atoms. The Hall–Kier alpha value is -3.10. The van der Waals surface area contributed by atoms with Gasteiger partial charge in [-0.2, -0.15) is 5.26 Å². The van der Waals surface area contributed by atoms with Gasteiger partial charge < -0.3 is 4.74 Å². The first-order valence-corrected chi connectivity index (χ1v) is 10.4. The van der Waals surface area contributed by atoms with Gasteiger partial charge in [-0.05, 0) is 80.4 Å². The lowest BCUT2D eigenvalue weighted by Crippen LogP contribution is -1.96. The third-order valence-corrected chi connectivity index (χ3v) is 5.44. The Labute approximate surface area is 184 Å². The largest absolute Gasteiger partial charge is 0.489 e. The van der Waals surface area contributed by atoms with E-state index in [1.165, 1.54) is 10.8 Å². The standard InChI is InChI=1S/C26H18INO/c27-24-13-11-20(12-14-24)23(17-28)15-19-5-3-9-25(16-19)29-18-22-8-4-7-21-6-1-2-10-26(21)22/h1-16H,18H2/b23-15-. The van der Waals surface area contributed by atoms with Gasteiger partial charge in [0.25, 0.3) is 0 Å². The zero-order valence-electron chi connectivity index (χ0n) is 15.7. The first kappa shape index (κ1) is 19.2. The van der Waals surface area contributed by atoms with Crippen molar-refractivity contribution in [2.45, 2.75) is 6.61 Å². The molecule has 0 amide bonds. The van der Waals surface area contributed by atoms with Gasteiger partial charge in [0.2, 0.25) is 0 Å². The Bertz CT molecular complexity index is 1210. The van der Waals surface area contributed by atoms with Crippen LogP contribution in [0.1, 0.15) is 16.7 Å². The fraction of sp³-hybridized carbons (Fsp3) is 0.0385. The molecule has 29 heavy (non-hydrogen) atoms. The summed E-state index contributed by atoms with van der Waals surface area (Å²) in [6.45, 7) is 0.497. The summed E-state index contributed by atoms with van der Waals surface area (Å²) in [6, 6.07) is 32.7. The number of hydrogen-bond acceptors (Lipinski definition) is 2. The van der Waals surface area contributed by atoms with Crippen molar-refractivity contribution in [2.24, 2.45) is 0 Å². The number of nitrogens with zero attached hydrogens (tertiary/aromatic N) is 1. The van der Waals surface area contributed by atoms with E-state index in [1.807, 2.05) is 66.7 Å². The molecule has 0 fully saturated rings. The molecule has 0 spiro atoms. The van der Waals surface area contributed by atoms with Gasteiger partial charge in [0.1, 0.15) is 12.4 Å². The van der Waals surface area contributed by atoms with Crippen LogP contribution in [0.4, 0.5) is 0 Å². The molecule has 0 atom stereocenters. The molecule has 4 aromatic rings. The number of rotatable bonds is 5. The highest BCUT2D eigenvalue weighted by Gasteiger charge is 2.04. The van der Waals surface area contributed by atoms with E-state index in [1.54, 1.807) is 0 Å². The molecule has 3 heteroatoms. The molecule has 0 saturated heterocycles. The second-order valence-corrected chi connectivity index (χ2v) is 7.92. The van der Waals surface area contributed by atoms with Crippen LogP contribution in [0.25, 0.3) is 22.4 Å². The smallest absolute Gasteiger partial charge is 0.120 e. The molecule has 4 rings (SSSR count). The van der Waals surface area contributed by atoms with Crippen LogP contribution in [0.15, 0.2) is 91.0 Å². The number of hydrogen-bond donors (Lipinski definition) is 0. The van der Waals surface area contributed by atoms with Crippen molar-refractivity contribution in [3.63, 3.8) is 0 Å². The molecule has 0 unspecified atom stereocenters. The molecule has 2 nitrogen and oxygen atoms in total. The predicted molar refractivity (Wildman–Crippen MR) is 127 cm³/mol. The summed E-state index contributed by atoms with van der Waals surface area (Å²) in [7, 11) is 0. The van der Waals surface area contributed by atoms with E-state index in [9.17, 15) is 5.26 Å². The average Bonchev–Trinajstić information content (AvgIpc) is 2.77. The fourth-order valence-electron chi connectivity index (χ4n) is 3.25. The SMILES string of the molecule is N#C/C(=C/c1cccc(OCc2cccc3ccccc23)c1)c1ccc(I)cc1. The number of benzene rings is 4. The van der Waals surface area contributed by atoms with E-state index < -0.39 is 0 Å². The number of halogens is 1. The van der Waals surface area contributed by atoms with Crippen molar-refractivity contribution < 1.29 is 4.74 Å². The quantitative estimate of drug-likeness (QED) is 0.171. The maximum absolute atomic E-state index is 9.58. The maximum atomic E-state index is 9.58. The minimum Gasteiger partial charge on any atom is -0.489 e. The summed E-state index contributed by atoms with van der Waals surface area (Å²) in [5.74, 6) is 0.784. The van der Waals surface area contributed by atoms with E-state index >= 15 is 0 Å². The number of nitriles is 1. The first-order valence-electron chi connectivity index (χ1n) is 9.30. The summed E-state index contributed by atoms with van der Waals surface area (Å²) in [4.78, 5) is 0. The van der Waals surface area contributed by atoms with Gasteiger partial charge in [-0.3, -0.25) is 0 Å². The van der Waals surface area contributed by atoms with Crippen LogP contribution < -0.4 is 4.74 Å². The summed E-state index contributed by atoms with van der Waals surface area (Å²) >= 11 is 2.26. The molecule has 0 aromatic heterocycles. The molecule has 0 heterocycles. The van der Waals surface area contributed by atoms with Crippen molar-refractivity contribution >= 4 is 45.0 Å². The van der Waals surface area contributed by atoms with E-state index in [-0.39, 0.29) is 0 Å². The molecule has 0 aliphatic heterocycles.